The number of rotatable bonds is 13. The summed E-state index contributed by atoms with van der Waals surface area (Å²) >= 11 is 0. The first-order valence-corrected chi connectivity index (χ1v) is 20.9. The van der Waals surface area contributed by atoms with E-state index in [9.17, 15) is 23.3 Å². The molecule has 56 heavy (non-hydrogen) atoms. The molecular formula is C43H57N5O7S. The summed E-state index contributed by atoms with van der Waals surface area (Å²) in [6, 6.07) is 18.8. The number of anilines is 2. The molecule has 2 N–H and O–H groups in total. The van der Waals surface area contributed by atoms with Crippen LogP contribution in [0.25, 0.3) is 5.57 Å². The van der Waals surface area contributed by atoms with Gasteiger partial charge in [0.05, 0.1) is 21.1 Å². The number of hydrogen-bond acceptors (Lipinski definition) is 10. The highest BCUT2D eigenvalue weighted by molar-refractivity contribution is 7.89. The Labute approximate surface area is 332 Å². The van der Waals surface area contributed by atoms with E-state index in [1.54, 1.807) is 18.1 Å². The van der Waals surface area contributed by atoms with Gasteiger partial charge in [-0.2, -0.15) is 0 Å². The van der Waals surface area contributed by atoms with Crippen molar-refractivity contribution in [2.75, 3.05) is 69.7 Å². The van der Waals surface area contributed by atoms with E-state index in [1.807, 2.05) is 18.2 Å². The Hall–Kier alpha value is -4.56. The first kappa shape index (κ1) is 42.6. The minimum atomic E-state index is -3.71. The molecular weight excluding hydrogens is 731 g/mol. The zero-order valence-electron chi connectivity index (χ0n) is 33.4. The molecule has 0 spiro atoms. The third-order valence-corrected chi connectivity index (χ3v) is 12.2. The molecule has 13 heteroatoms. The molecule has 3 aromatic rings. The van der Waals surface area contributed by atoms with E-state index >= 15 is 0 Å². The zero-order valence-corrected chi connectivity index (χ0v) is 34.3. The van der Waals surface area contributed by atoms with Crippen LogP contribution in [0.4, 0.5) is 17.1 Å². The summed E-state index contributed by atoms with van der Waals surface area (Å²) < 4.78 is 36.6. The molecule has 6 rings (SSSR count). The Kier molecular flexibility index (Phi) is 14.5. The van der Waals surface area contributed by atoms with Gasteiger partial charge in [0.15, 0.2) is 6.29 Å². The molecule has 2 fully saturated rings. The lowest BCUT2D eigenvalue weighted by Crippen LogP contribution is -2.47. The van der Waals surface area contributed by atoms with Gasteiger partial charge in [-0.05, 0) is 99.7 Å². The number of carbonyl (C=O) groups excluding carboxylic acids is 1. The van der Waals surface area contributed by atoms with Gasteiger partial charge in [-0.25, -0.2) is 13.1 Å². The highest BCUT2D eigenvalue weighted by Crippen LogP contribution is 2.43. The molecule has 2 aliphatic heterocycles. The Balaban J connectivity index is 0.000000236. The van der Waals surface area contributed by atoms with Crippen LogP contribution in [0, 0.1) is 28.4 Å². The van der Waals surface area contributed by atoms with Gasteiger partial charge in [-0.3, -0.25) is 19.8 Å². The minimum absolute atomic E-state index is 0.127. The van der Waals surface area contributed by atoms with Crippen LogP contribution in [-0.2, 0) is 14.8 Å². The van der Waals surface area contributed by atoms with Gasteiger partial charge in [0.2, 0.25) is 10.0 Å². The van der Waals surface area contributed by atoms with Crippen LogP contribution in [0.15, 0.2) is 83.5 Å². The highest BCUT2D eigenvalue weighted by atomic mass is 32.2. The monoisotopic (exact) mass is 787 g/mol. The van der Waals surface area contributed by atoms with E-state index < -0.39 is 14.9 Å². The molecule has 12 nitrogen and oxygen atoms in total. The second-order valence-corrected chi connectivity index (χ2v) is 17.7. The molecule has 3 aliphatic rings. The van der Waals surface area contributed by atoms with E-state index in [1.165, 1.54) is 43.1 Å². The molecule has 0 radical (unpaired) electrons. The van der Waals surface area contributed by atoms with Crippen molar-refractivity contribution in [2.24, 2.45) is 11.3 Å². The largest absolute Gasteiger partial charge is 0.462 e. The lowest BCUT2D eigenvalue weighted by molar-refractivity contribution is -0.384. The summed E-state index contributed by atoms with van der Waals surface area (Å²) in [5.74, 6) is 1.56. The minimum Gasteiger partial charge on any atom is -0.462 e. The van der Waals surface area contributed by atoms with Crippen LogP contribution >= 0.6 is 0 Å². The molecule has 0 bridgehead atoms. The van der Waals surface area contributed by atoms with Gasteiger partial charge >= 0.3 is 0 Å². The topological polar surface area (TPSA) is 143 Å². The SMILES string of the molecule is C=C(C)Oc1cc(N2CCN(CC3=C(c4ccc(C)cc4)CC(C)(C)CC3)CC2)ccc1C=O.CNS(=O)(=O)c1ccc(NCC2CCOCC2)c([N+](=O)[O-])c1. The zero-order chi connectivity index (χ0) is 40.5. The van der Waals surface area contributed by atoms with Crippen LogP contribution in [0.3, 0.4) is 0 Å². The Morgan fingerprint density at radius 3 is 2.38 bits per heavy atom. The Bertz CT molecular complexity index is 2000. The van der Waals surface area contributed by atoms with Gasteiger partial charge in [-0.15, -0.1) is 0 Å². The number of aldehydes is 1. The molecule has 0 aromatic heterocycles. The number of nitro groups is 1. The number of nitrogens with zero attached hydrogens (tertiary/aromatic N) is 3. The fourth-order valence-electron chi connectivity index (χ4n) is 7.40. The van der Waals surface area contributed by atoms with Crippen molar-refractivity contribution >= 4 is 38.9 Å². The fourth-order valence-corrected chi connectivity index (χ4v) is 8.15. The smallest absolute Gasteiger partial charge is 0.293 e. The maximum absolute atomic E-state index is 11.7. The maximum Gasteiger partial charge on any atom is 0.293 e. The third-order valence-electron chi connectivity index (χ3n) is 10.8. The van der Waals surface area contributed by atoms with Crippen molar-refractivity contribution in [3.8, 4) is 5.75 Å². The van der Waals surface area contributed by atoms with E-state index in [2.05, 4.69) is 71.5 Å². The molecule has 0 amide bonds. The number of hydrogen-bond donors (Lipinski definition) is 2. The van der Waals surface area contributed by atoms with Gasteiger partial charge in [0, 0.05) is 70.3 Å². The van der Waals surface area contributed by atoms with Gasteiger partial charge < -0.3 is 19.7 Å². The predicted molar refractivity (Wildman–Crippen MR) is 223 cm³/mol. The highest BCUT2D eigenvalue weighted by Gasteiger charge is 2.29. The summed E-state index contributed by atoms with van der Waals surface area (Å²) in [5.41, 5.74) is 7.98. The molecule has 0 saturated carbocycles. The molecule has 302 valence electrons. The maximum atomic E-state index is 11.7. The molecule has 2 heterocycles. The van der Waals surface area contributed by atoms with Crippen molar-refractivity contribution in [3.63, 3.8) is 0 Å². The quantitative estimate of drug-likeness (QED) is 0.0761. The van der Waals surface area contributed by atoms with Crippen LogP contribution in [0.2, 0.25) is 0 Å². The average Bonchev–Trinajstić information content (AvgIpc) is 3.18. The van der Waals surface area contributed by atoms with Crippen LogP contribution < -0.4 is 19.7 Å². The van der Waals surface area contributed by atoms with Crippen molar-refractivity contribution in [3.05, 3.63) is 105 Å². The second-order valence-electron chi connectivity index (χ2n) is 15.8. The number of benzene rings is 3. The number of carbonyl (C=O) groups is 1. The lowest BCUT2D eigenvalue weighted by Gasteiger charge is -2.39. The van der Waals surface area contributed by atoms with E-state index in [-0.39, 0.29) is 10.6 Å². The molecule has 0 unspecified atom stereocenters. The molecule has 2 saturated heterocycles. The molecule has 1 aliphatic carbocycles. The number of allylic oxidation sites excluding steroid dienone is 2. The van der Waals surface area contributed by atoms with E-state index in [0.29, 0.717) is 53.9 Å². The standard InChI is InChI=1S/C30H38N2O2.C13H19N3O5S/c1-22(2)34-29-18-27(11-10-26(29)21-33)32-16-14-31(15-17-32)20-25-12-13-30(4,5)19-28(25)24-8-6-23(3)7-9-24;1-14-22(19,20)11-2-3-12(13(8-11)16(17)18)15-9-10-4-6-21-7-5-10/h6-11,18,21H,1,12-17,19-20H2,2-5H3;2-3,8,10,14-15H,4-7,9H2,1H3. The van der Waals surface area contributed by atoms with E-state index in [4.69, 9.17) is 9.47 Å². The lowest BCUT2D eigenvalue weighted by atomic mass is 9.72. The number of ether oxygens (including phenoxy) is 2. The summed E-state index contributed by atoms with van der Waals surface area (Å²) in [6.07, 6.45) is 6.25. The number of aryl methyl sites for hydroxylation is 1. The molecule has 3 aromatic carbocycles. The number of piperazine rings is 1. The van der Waals surface area contributed by atoms with Crippen molar-refractivity contribution in [1.82, 2.24) is 9.62 Å². The number of sulfonamides is 1. The summed E-state index contributed by atoms with van der Waals surface area (Å²) in [4.78, 5) is 26.8. The fraction of sp³-hybridized carbons (Fsp3) is 0.465. The van der Waals surface area contributed by atoms with E-state index in [0.717, 1.165) is 70.0 Å². The van der Waals surface area contributed by atoms with Crippen LogP contribution in [0.5, 0.6) is 5.75 Å². The first-order chi connectivity index (χ1) is 26.7. The first-order valence-electron chi connectivity index (χ1n) is 19.4. The van der Waals surface area contributed by atoms with Crippen LogP contribution in [0.1, 0.15) is 74.4 Å². The summed E-state index contributed by atoms with van der Waals surface area (Å²) in [6.45, 7) is 19.6. The summed E-state index contributed by atoms with van der Waals surface area (Å²) in [7, 11) is -2.44. The van der Waals surface area contributed by atoms with Crippen molar-refractivity contribution in [1.29, 1.82) is 0 Å². The normalized spacial score (nSPS) is 17.8. The molecule has 0 atom stereocenters. The second kappa shape index (κ2) is 19.1. The average molecular weight is 788 g/mol. The number of nitro benzene ring substituents is 1. The van der Waals surface area contributed by atoms with Crippen LogP contribution in [-0.4, -0.2) is 84.1 Å². The van der Waals surface area contributed by atoms with Gasteiger partial charge in [-0.1, -0.05) is 55.8 Å². The predicted octanol–water partition coefficient (Wildman–Crippen LogP) is 7.85. The summed E-state index contributed by atoms with van der Waals surface area (Å²) in [5, 5.41) is 14.2. The number of nitrogens with one attached hydrogen (secondary N) is 2. The third kappa shape index (κ3) is 11.5. The Morgan fingerprint density at radius 2 is 1.75 bits per heavy atom. The Morgan fingerprint density at radius 1 is 1.05 bits per heavy atom. The van der Waals surface area contributed by atoms with Crippen molar-refractivity contribution < 1.29 is 27.6 Å². The van der Waals surface area contributed by atoms with Crippen molar-refractivity contribution in [2.45, 2.75) is 64.7 Å². The van der Waals surface area contributed by atoms with Gasteiger partial charge in [0.25, 0.3) is 5.69 Å². The van der Waals surface area contributed by atoms with Gasteiger partial charge in [0.1, 0.15) is 11.4 Å².